The second-order valence-electron chi connectivity index (χ2n) is 3.89. The van der Waals surface area contributed by atoms with E-state index in [0.717, 1.165) is 27.9 Å². The van der Waals surface area contributed by atoms with Crippen molar-refractivity contribution in [1.82, 2.24) is 5.43 Å². The summed E-state index contributed by atoms with van der Waals surface area (Å²) in [4.78, 5) is 0. The van der Waals surface area contributed by atoms with E-state index in [1.807, 2.05) is 12.1 Å². The average molecular weight is 306 g/mol. The zero-order valence-electron chi connectivity index (χ0n) is 9.63. The Hall–Kier alpha value is -0.0900. The molecule has 3 N–H and O–H groups in total. The third kappa shape index (κ3) is 3.20. The highest BCUT2D eigenvalue weighted by molar-refractivity contribution is 9.10. The molecule has 0 heterocycles. The highest BCUT2D eigenvalue weighted by Gasteiger charge is 2.19. The fourth-order valence-corrected chi connectivity index (χ4v) is 2.41. The van der Waals surface area contributed by atoms with Crippen LogP contribution in [-0.4, -0.2) is 0 Å². The molecule has 16 heavy (non-hydrogen) atoms. The molecule has 0 aromatic heterocycles. The van der Waals surface area contributed by atoms with Gasteiger partial charge in [0, 0.05) is 10.5 Å². The van der Waals surface area contributed by atoms with Crippen LogP contribution in [0, 0.1) is 5.92 Å². The first kappa shape index (κ1) is 14.0. The number of hydrogen-bond donors (Lipinski definition) is 2. The SMILES string of the molecule is CCC(CC)C(NN)c1ccc(Br)c(Cl)c1. The molecule has 0 bridgehead atoms. The Morgan fingerprint density at radius 2 is 2.00 bits per heavy atom. The molecule has 0 spiro atoms. The predicted octanol–water partition coefficient (Wildman–Crippen LogP) is 4.04. The lowest BCUT2D eigenvalue weighted by Gasteiger charge is -2.25. The van der Waals surface area contributed by atoms with Crippen molar-refractivity contribution < 1.29 is 0 Å². The molecule has 1 atom stereocenters. The van der Waals surface area contributed by atoms with Crippen molar-refractivity contribution in [3.05, 3.63) is 33.3 Å². The minimum absolute atomic E-state index is 0.167. The van der Waals surface area contributed by atoms with Gasteiger partial charge in [-0.3, -0.25) is 11.3 Å². The van der Waals surface area contributed by atoms with Gasteiger partial charge in [-0.25, -0.2) is 0 Å². The Kier molecular flexibility index (Phi) is 5.76. The van der Waals surface area contributed by atoms with E-state index in [9.17, 15) is 0 Å². The van der Waals surface area contributed by atoms with Gasteiger partial charge in [-0.15, -0.1) is 0 Å². The maximum absolute atomic E-state index is 6.09. The van der Waals surface area contributed by atoms with Gasteiger partial charge in [0.15, 0.2) is 0 Å². The number of benzene rings is 1. The van der Waals surface area contributed by atoms with Crippen LogP contribution in [0.1, 0.15) is 38.3 Å². The number of rotatable bonds is 5. The summed E-state index contributed by atoms with van der Waals surface area (Å²) < 4.78 is 0.915. The van der Waals surface area contributed by atoms with Crippen LogP contribution in [0.5, 0.6) is 0 Å². The molecule has 0 radical (unpaired) electrons. The molecule has 0 aliphatic heterocycles. The third-order valence-corrected chi connectivity index (χ3v) is 4.23. The summed E-state index contributed by atoms with van der Waals surface area (Å²) >= 11 is 9.48. The van der Waals surface area contributed by atoms with Crippen LogP contribution in [-0.2, 0) is 0 Å². The lowest BCUT2D eigenvalue weighted by Crippen LogP contribution is -2.33. The van der Waals surface area contributed by atoms with E-state index in [0.29, 0.717) is 5.92 Å². The van der Waals surface area contributed by atoms with Gasteiger partial charge < -0.3 is 0 Å². The molecule has 2 nitrogen and oxygen atoms in total. The third-order valence-electron chi connectivity index (χ3n) is 3.00. The van der Waals surface area contributed by atoms with Gasteiger partial charge in [0.05, 0.1) is 5.02 Å². The molecular formula is C12H18BrClN2. The van der Waals surface area contributed by atoms with E-state index in [1.54, 1.807) is 0 Å². The molecule has 0 aliphatic rings. The minimum atomic E-state index is 0.167. The Morgan fingerprint density at radius 3 is 2.44 bits per heavy atom. The van der Waals surface area contributed by atoms with Crippen molar-refractivity contribution in [3.63, 3.8) is 0 Å². The van der Waals surface area contributed by atoms with E-state index < -0.39 is 0 Å². The number of nitrogens with two attached hydrogens (primary N) is 1. The smallest absolute Gasteiger partial charge is 0.0551 e. The Labute approximate surface area is 111 Å². The number of hydrogen-bond acceptors (Lipinski definition) is 2. The van der Waals surface area contributed by atoms with Crippen molar-refractivity contribution in [3.8, 4) is 0 Å². The molecule has 0 saturated heterocycles. The Balaban J connectivity index is 2.98. The zero-order valence-corrected chi connectivity index (χ0v) is 12.0. The average Bonchev–Trinajstić information content (AvgIpc) is 2.29. The number of nitrogens with one attached hydrogen (secondary N) is 1. The number of hydrazine groups is 1. The van der Waals surface area contributed by atoms with E-state index >= 15 is 0 Å². The standard InChI is InChI=1S/C12H18BrClN2/c1-3-8(4-2)12(16-15)9-5-6-10(13)11(14)7-9/h5-8,12,16H,3-4,15H2,1-2H3. The van der Waals surface area contributed by atoms with Gasteiger partial charge >= 0.3 is 0 Å². The quantitative estimate of drug-likeness (QED) is 0.636. The van der Waals surface area contributed by atoms with Gasteiger partial charge in [-0.05, 0) is 39.5 Å². The molecule has 4 heteroatoms. The highest BCUT2D eigenvalue weighted by Crippen LogP contribution is 2.31. The Morgan fingerprint density at radius 1 is 1.38 bits per heavy atom. The first-order valence-corrected chi connectivity index (χ1v) is 6.72. The zero-order chi connectivity index (χ0) is 12.1. The van der Waals surface area contributed by atoms with Gasteiger partial charge in [0.2, 0.25) is 0 Å². The van der Waals surface area contributed by atoms with Crippen molar-refractivity contribution in [2.45, 2.75) is 32.7 Å². The van der Waals surface area contributed by atoms with Crippen LogP contribution in [0.15, 0.2) is 22.7 Å². The largest absolute Gasteiger partial charge is 0.271 e. The summed E-state index contributed by atoms with van der Waals surface area (Å²) in [5.74, 6) is 6.17. The summed E-state index contributed by atoms with van der Waals surface area (Å²) in [6.45, 7) is 4.36. The molecule has 1 unspecified atom stereocenters. The van der Waals surface area contributed by atoms with E-state index in [-0.39, 0.29) is 6.04 Å². The van der Waals surface area contributed by atoms with Crippen LogP contribution >= 0.6 is 27.5 Å². The molecule has 0 amide bonds. The van der Waals surface area contributed by atoms with Crippen molar-refractivity contribution >= 4 is 27.5 Å². The predicted molar refractivity (Wildman–Crippen MR) is 73.3 cm³/mol. The minimum Gasteiger partial charge on any atom is -0.271 e. The second-order valence-corrected chi connectivity index (χ2v) is 5.16. The maximum Gasteiger partial charge on any atom is 0.0551 e. The van der Waals surface area contributed by atoms with Crippen molar-refractivity contribution in [1.29, 1.82) is 0 Å². The lowest BCUT2D eigenvalue weighted by atomic mass is 9.89. The number of halogens is 2. The van der Waals surface area contributed by atoms with Crippen LogP contribution in [0.3, 0.4) is 0 Å². The topological polar surface area (TPSA) is 38.0 Å². The summed E-state index contributed by atoms with van der Waals surface area (Å²) in [5, 5.41) is 0.726. The normalized spacial score (nSPS) is 13.1. The van der Waals surface area contributed by atoms with Crippen LogP contribution in [0.2, 0.25) is 5.02 Å². The molecule has 0 saturated carbocycles. The van der Waals surface area contributed by atoms with Crippen LogP contribution in [0.25, 0.3) is 0 Å². The Bertz CT molecular complexity index is 340. The summed E-state index contributed by atoms with van der Waals surface area (Å²) in [6.07, 6.45) is 2.19. The molecule has 1 aromatic rings. The fourth-order valence-electron chi connectivity index (χ4n) is 1.97. The van der Waals surface area contributed by atoms with Gasteiger partial charge in [0.1, 0.15) is 0 Å². The molecule has 0 fully saturated rings. The lowest BCUT2D eigenvalue weighted by molar-refractivity contribution is 0.345. The van der Waals surface area contributed by atoms with Crippen LogP contribution in [0.4, 0.5) is 0 Å². The fraction of sp³-hybridized carbons (Fsp3) is 0.500. The first-order valence-electron chi connectivity index (χ1n) is 5.55. The van der Waals surface area contributed by atoms with Crippen molar-refractivity contribution in [2.24, 2.45) is 11.8 Å². The molecule has 0 aliphatic carbocycles. The van der Waals surface area contributed by atoms with E-state index in [4.69, 9.17) is 17.4 Å². The van der Waals surface area contributed by atoms with Gasteiger partial charge in [-0.2, -0.15) is 0 Å². The first-order chi connectivity index (χ1) is 7.63. The maximum atomic E-state index is 6.09. The monoisotopic (exact) mass is 304 g/mol. The van der Waals surface area contributed by atoms with E-state index in [1.165, 1.54) is 0 Å². The van der Waals surface area contributed by atoms with Crippen LogP contribution < -0.4 is 11.3 Å². The van der Waals surface area contributed by atoms with E-state index in [2.05, 4.69) is 41.3 Å². The molecule has 90 valence electrons. The summed E-state index contributed by atoms with van der Waals surface area (Å²) in [6, 6.07) is 6.15. The molecule has 1 rings (SSSR count). The molecule has 1 aromatic carbocycles. The highest BCUT2D eigenvalue weighted by atomic mass is 79.9. The van der Waals surface area contributed by atoms with Crippen molar-refractivity contribution in [2.75, 3.05) is 0 Å². The van der Waals surface area contributed by atoms with Gasteiger partial charge in [0.25, 0.3) is 0 Å². The summed E-state index contributed by atoms with van der Waals surface area (Å²) in [7, 11) is 0. The molecular weight excluding hydrogens is 288 g/mol. The summed E-state index contributed by atoms with van der Waals surface area (Å²) in [5.41, 5.74) is 4.04. The second kappa shape index (κ2) is 6.60. The van der Waals surface area contributed by atoms with Gasteiger partial charge in [-0.1, -0.05) is 44.4 Å².